The molecule has 2 aromatic rings. The number of rotatable bonds is 4. The van der Waals surface area contributed by atoms with Crippen LogP contribution in [-0.4, -0.2) is 16.9 Å². The van der Waals surface area contributed by atoms with Crippen LogP contribution in [0.1, 0.15) is 31.2 Å². The Labute approximate surface area is 124 Å². The number of amides is 1. The quantitative estimate of drug-likeness (QED) is 0.905. The van der Waals surface area contributed by atoms with Gasteiger partial charge in [0.1, 0.15) is 0 Å². The minimum Gasteiger partial charge on any atom is -0.352 e. The van der Waals surface area contributed by atoms with Gasteiger partial charge in [-0.05, 0) is 36.5 Å². The summed E-state index contributed by atoms with van der Waals surface area (Å²) in [6, 6.07) is 10.3. The summed E-state index contributed by atoms with van der Waals surface area (Å²) in [4.78, 5) is 16.4. The molecule has 0 spiro atoms. The van der Waals surface area contributed by atoms with E-state index in [1.807, 2.05) is 30.5 Å². The van der Waals surface area contributed by atoms with Crippen LogP contribution in [0.3, 0.4) is 0 Å². The molecule has 0 radical (unpaired) electrons. The van der Waals surface area contributed by atoms with Crippen LogP contribution in [0.4, 0.5) is 0 Å². The van der Waals surface area contributed by atoms with E-state index in [1.54, 1.807) is 0 Å². The van der Waals surface area contributed by atoms with Crippen molar-refractivity contribution in [2.24, 2.45) is 11.7 Å². The molecule has 4 nitrogen and oxygen atoms in total. The van der Waals surface area contributed by atoms with Gasteiger partial charge in [-0.25, -0.2) is 0 Å². The van der Waals surface area contributed by atoms with Gasteiger partial charge in [0, 0.05) is 30.6 Å². The van der Waals surface area contributed by atoms with E-state index in [0.29, 0.717) is 18.9 Å². The first-order valence-electron chi connectivity index (χ1n) is 7.58. The average Bonchev–Trinajstić information content (AvgIpc) is 2.90. The molecule has 1 heterocycles. The number of aromatic nitrogens is 1. The van der Waals surface area contributed by atoms with Gasteiger partial charge in [0.2, 0.25) is 5.91 Å². The standard InChI is InChI=1S/C17H21N3O/c18-15-6-3-5-13(15)9-17(21)20-11-12-8-14-4-1-2-7-16(14)19-10-12/h1-2,4,7-8,10,13,15H,3,5-6,9,11,18H2,(H,20,21)/t13-,15+/m0/s1. The van der Waals surface area contributed by atoms with Gasteiger partial charge in [0.25, 0.3) is 0 Å². The normalized spacial score (nSPS) is 21.6. The lowest BCUT2D eigenvalue weighted by Gasteiger charge is -2.14. The maximum absolute atomic E-state index is 12.0. The number of nitrogens with two attached hydrogens (primary N) is 1. The highest BCUT2D eigenvalue weighted by Gasteiger charge is 2.25. The molecule has 1 aromatic carbocycles. The van der Waals surface area contributed by atoms with Crippen molar-refractivity contribution in [1.29, 1.82) is 0 Å². The summed E-state index contributed by atoms with van der Waals surface area (Å²) in [5, 5.41) is 4.08. The van der Waals surface area contributed by atoms with Crippen molar-refractivity contribution in [1.82, 2.24) is 10.3 Å². The van der Waals surface area contributed by atoms with E-state index in [2.05, 4.69) is 16.4 Å². The third kappa shape index (κ3) is 3.39. The lowest BCUT2D eigenvalue weighted by atomic mass is 10.00. The predicted octanol–water partition coefficient (Wildman–Crippen LogP) is 2.37. The second-order valence-corrected chi connectivity index (χ2v) is 5.87. The Morgan fingerprint density at radius 1 is 1.33 bits per heavy atom. The molecule has 21 heavy (non-hydrogen) atoms. The van der Waals surface area contributed by atoms with E-state index in [4.69, 9.17) is 5.73 Å². The smallest absolute Gasteiger partial charge is 0.220 e. The molecule has 4 heteroatoms. The highest BCUT2D eigenvalue weighted by molar-refractivity contribution is 5.79. The number of para-hydroxylation sites is 1. The predicted molar refractivity (Wildman–Crippen MR) is 83.5 cm³/mol. The fourth-order valence-corrected chi connectivity index (χ4v) is 3.04. The number of pyridine rings is 1. The van der Waals surface area contributed by atoms with Crippen LogP contribution in [0.15, 0.2) is 36.5 Å². The highest BCUT2D eigenvalue weighted by atomic mass is 16.1. The van der Waals surface area contributed by atoms with Crippen LogP contribution in [0, 0.1) is 5.92 Å². The first-order chi connectivity index (χ1) is 10.2. The molecule has 1 saturated carbocycles. The SMILES string of the molecule is N[C@@H]1CCC[C@H]1CC(=O)NCc1cnc2ccccc2c1. The molecule has 110 valence electrons. The van der Waals surface area contributed by atoms with Gasteiger partial charge in [-0.1, -0.05) is 24.6 Å². The van der Waals surface area contributed by atoms with E-state index in [-0.39, 0.29) is 11.9 Å². The van der Waals surface area contributed by atoms with Crippen molar-refractivity contribution in [3.8, 4) is 0 Å². The zero-order valence-electron chi connectivity index (χ0n) is 12.1. The fraction of sp³-hybridized carbons (Fsp3) is 0.412. The van der Waals surface area contributed by atoms with Crippen LogP contribution >= 0.6 is 0 Å². The number of carbonyl (C=O) groups is 1. The molecule has 0 aliphatic heterocycles. The summed E-state index contributed by atoms with van der Waals surface area (Å²) in [6.45, 7) is 0.526. The summed E-state index contributed by atoms with van der Waals surface area (Å²) < 4.78 is 0. The van der Waals surface area contributed by atoms with Gasteiger partial charge < -0.3 is 11.1 Å². The van der Waals surface area contributed by atoms with Crippen LogP contribution in [-0.2, 0) is 11.3 Å². The second kappa shape index (κ2) is 6.22. The average molecular weight is 283 g/mol. The lowest BCUT2D eigenvalue weighted by Crippen LogP contribution is -2.31. The molecule has 0 unspecified atom stereocenters. The lowest BCUT2D eigenvalue weighted by molar-refractivity contribution is -0.122. The van der Waals surface area contributed by atoms with E-state index in [0.717, 1.165) is 35.7 Å². The van der Waals surface area contributed by atoms with Gasteiger partial charge >= 0.3 is 0 Å². The van der Waals surface area contributed by atoms with Gasteiger partial charge in [0.15, 0.2) is 0 Å². The minimum absolute atomic E-state index is 0.0884. The van der Waals surface area contributed by atoms with Gasteiger partial charge in [-0.2, -0.15) is 0 Å². The molecular weight excluding hydrogens is 262 g/mol. The number of carbonyl (C=O) groups excluding carboxylic acids is 1. The summed E-state index contributed by atoms with van der Waals surface area (Å²) in [5.41, 5.74) is 8.01. The van der Waals surface area contributed by atoms with Gasteiger partial charge in [0.05, 0.1) is 5.52 Å². The first kappa shape index (κ1) is 14.0. The Kier molecular flexibility index (Phi) is 4.15. The van der Waals surface area contributed by atoms with E-state index >= 15 is 0 Å². The molecule has 1 amide bonds. The first-order valence-corrected chi connectivity index (χ1v) is 7.58. The summed E-state index contributed by atoms with van der Waals surface area (Å²) in [7, 11) is 0. The number of hydrogen-bond acceptors (Lipinski definition) is 3. The molecule has 1 fully saturated rings. The van der Waals surface area contributed by atoms with Crippen molar-refractivity contribution in [3.05, 3.63) is 42.1 Å². The van der Waals surface area contributed by atoms with Gasteiger partial charge in [-0.15, -0.1) is 0 Å². The highest BCUT2D eigenvalue weighted by Crippen LogP contribution is 2.26. The van der Waals surface area contributed by atoms with Crippen molar-refractivity contribution < 1.29 is 4.79 Å². The minimum atomic E-state index is 0.0884. The number of hydrogen-bond donors (Lipinski definition) is 2. The van der Waals surface area contributed by atoms with Crippen LogP contribution < -0.4 is 11.1 Å². The molecule has 1 aromatic heterocycles. The van der Waals surface area contributed by atoms with E-state index in [9.17, 15) is 4.79 Å². The van der Waals surface area contributed by atoms with Crippen molar-refractivity contribution in [2.45, 2.75) is 38.3 Å². The Balaban J connectivity index is 1.57. The summed E-state index contributed by atoms with van der Waals surface area (Å²) in [5.74, 6) is 0.435. The maximum atomic E-state index is 12.0. The van der Waals surface area contributed by atoms with E-state index < -0.39 is 0 Å². The Bertz CT molecular complexity index is 641. The fourth-order valence-electron chi connectivity index (χ4n) is 3.04. The molecule has 1 aliphatic rings. The Hall–Kier alpha value is -1.94. The van der Waals surface area contributed by atoms with Crippen molar-refractivity contribution >= 4 is 16.8 Å². The topological polar surface area (TPSA) is 68.0 Å². The third-order valence-corrected chi connectivity index (χ3v) is 4.30. The molecular formula is C17H21N3O. The van der Waals surface area contributed by atoms with Crippen molar-refractivity contribution in [2.75, 3.05) is 0 Å². The van der Waals surface area contributed by atoms with Gasteiger partial charge in [-0.3, -0.25) is 9.78 Å². The third-order valence-electron chi connectivity index (χ3n) is 4.30. The van der Waals surface area contributed by atoms with E-state index in [1.165, 1.54) is 0 Å². The molecule has 0 saturated heterocycles. The number of nitrogens with one attached hydrogen (secondary N) is 1. The number of nitrogens with zero attached hydrogens (tertiary/aromatic N) is 1. The zero-order chi connectivity index (χ0) is 14.7. The van der Waals surface area contributed by atoms with Crippen LogP contribution in [0.25, 0.3) is 10.9 Å². The van der Waals surface area contributed by atoms with Crippen LogP contribution in [0.5, 0.6) is 0 Å². The Morgan fingerprint density at radius 3 is 3.00 bits per heavy atom. The molecule has 3 N–H and O–H groups in total. The summed E-state index contributed by atoms with van der Waals surface area (Å²) >= 11 is 0. The number of benzene rings is 1. The molecule has 2 atom stereocenters. The summed E-state index contributed by atoms with van der Waals surface area (Å²) in [6.07, 6.45) is 5.64. The van der Waals surface area contributed by atoms with Crippen LogP contribution in [0.2, 0.25) is 0 Å². The largest absolute Gasteiger partial charge is 0.352 e. The molecule has 1 aliphatic carbocycles. The monoisotopic (exact) mass is 283 g/mol. The maximum Gasteiger partial charge on any atom is 0.220 e. The van der Waals surface area contributed by atoms with Crippen molar-refractivity contribution in [3.63, 3.8) is 0 Å². The Morgan fingerprint density at radius 2 is 2.19 bits per heavy atom. The second-order valence-electron chi connectivity index (χ2n) is 5.87. The molecule has 3 rings (SSSR count). The molecule has 0 bridgehead atoms. The number of fused-ring (bicyclic) bond motifs is 1. The zero-order valence-corrected chi connectivity index (χ0v) is 12.1.